The van der Waals surface area contributed by atoms with E-state index in [1.165, 1.54) is 30.4 Å². The van der Waals surface area contributed by atoms with Gasteiger partial charge in [0.25, 0.3) is 0 Å². The van der Waals surface area contributed by atoms with E-state index < -0.39 is 0 Å². The minimum Gasteiger partial charge on any atom is -0.307 e. The smallest absolute Gasteiger partial charge is 0.0350 e. The van der Waals surface area contributed by atoms with Gasteiger partial charge in [-0.15, -0.1) is 0 Å². The summed E-state index contributed by atoms with van der Waals surface area (Å²) < 4.78 is 0. The van der Waals surface area contributed by atoms with Gasteiger partial charge in [0, 0.05) is 12.1 Å². The Kier molecular flexibility index (Phi) is 3.65. The molecule has 1 fully saturated rings. The molecule has 2 atom stereocenters. The molecule has 1 heteroatoms. The molecule has 2 unspecified atom stereocenters. The first-order chi connectivity index (χ1) is 7.70. The Morgan fingerprint density at radius 2 is 1.88 bits per heavy atom. The SMILES string of the molecule is CCC(C)NC(c1ccc(C)cc1)C1CC1. The molecule has 16 heavy (non-hydrogen) atoms. The Balaban J connectivity index is 2.09. The highest BCUT2D eigenvalue weighted by molar-refractivity contribution is 5.25. The Bertz CT molecular complexity index is 324. The van der Waals surface area contributed by atoms with E-state index in [4.69, 9.17) is 0 Å². The number of benzene rings is 1. The first kappa shape index (κ1) is 11.7. The van der Waals surface area contributed by atoms with Crippen LogP contribution >= 0.6 is 0 Å². The van der Waals surface area contributed by atoms with Crippen molar-refractivity contribution in [3.05, 3.63) is 35.4 Å². The van der Waals surface area contributed by atoms with Gasteiger partial charge in [-0.05, 0) is 44.6 Å². The van der Waals surface area contributed by atoms with Crippen molar-refractivity contribution in [2.75, 3.05) is 0 Å². The van der Waals surface area contributed by atoms with Crippen LogP contribution < -0.4 is 5.32 Å². The summed E-state index contributed by atoms with van der Waals surface area (Å²) in [5, 5.41) is 3.76. The third-order valence-electron chi connectivity index (χ3n) is 3.61. The monoisotopic (exact) mass is 217 g/mol. The molecular formula is C15H23N. The molecular weight excluding hydrogens is 194 g/mol. The largest absolute Gasteiger partial charge is 0.307 e. The van der Waals surface area contributed by atoms with Crippen molar-refractivity contribution in [3.8, 4) is 0 Å². The topological polar surface area (TPSA) is 12.0 Å². The summed E-state index contributed by atoms with van der Waals surface area (Å²) in [6.45, 7) is 6.68. The van der Waals surface area contributed by atoms with Crippen LogP contribution in [0, 0.1) is 12.8 Å². The van der Waals surface area contributed by atoms with Crippen molar-refractivity contribution < 1.29 is 0 Å². The van der Waals surface area contributed by atoms with Gasteiger partial charge in [-0.3, -0.25) is 0 Å². The highest BCUT2D eigenvalue weighted by Crippen LogP contribution is 2.41. The van der Waals surface area contributed by atoms with Crippen LogP contribution in [0.4, 0.5) is 0 Å². The number of rotatable bonds is 5. The van der Waals surface area contributed by atoms with E-state index in [9.17, 15) is 0 Å². The van der Waals surface area contributed by atoms with Gasteiger partial charge < -0.3 is 5.32 Å². The molecule has 1 aliphatic rings. The lowest BCUT2D eigenvalue weighted by molar-refractivity contribution is 0.412. The van der Waals surface area contributed by atoms with E-state index >= 15 is 0 Å². The first-order valence-corrected chi connectivity index (χ1v) is 6.53. The molecule has 0 aliphatic heterocycles. The van der Waals surface area contributed by atoms with Crippen LogP contribution in [-0.2, 0) is 0 Å². The molecule has 0 radical (unpaired) electrons. The van der Waals surface area contributed by atoms with Crippen LogP contribution in [0.3, 0.4) is 0 Å². The van der Waals surface area contributed by atoms with Crippen LogP contribution in [0.5, 0.6) is 0 Å². The molecule has 0 bridgehead atoms. The quantitative estimate of drug-likeness (QED) is 0.790. The van der Waals surface area contributed by atoms with Crippen LogP contribution in [0.25, 0.3) is 0 Å². The van der Waals surface area contributed by atoms with Crippen LogP contribution in [-0.4, -0.2) is 6.04 Å². The van der Waals surface area contributed by atoms with Gasteiger partial charge in [0.2, 0.25) is 0 Å². The number of hydrogen-bond acceptors (Lipinski definition) is 1. The zero-order valence-electron chi connectivity index (χ0n) is 10.7. The van der Waals surface area contributed by atoms with E-state index in [0.29, 0.717) is 12.1 Å². The molecule has 2 rings (SSSR count). The van der Waals surface area contributed by atoms with Crippen LogP contribution in [0.2, 0.25) is 0 Å². The molecule has 1 aromatic carbocycles. The van der Waals surface area contributed by atoms with E-state index in [2.05, 4.69) is 50.4 Å². The highest BCUT2D eigenvalue weighted by Gasteiger charge is 2.32. The summed E-state index contributed by atoms with van der Waals surface area (Å²) in [7, 11) is 0. The van der Waals surface area contributed by atoms with Crippen molar-refractivity contribution in [2.45, 2.75) is 52.1 Å². The second-order valence-electron chi connectivity index (χ2n) is 5.20. The zero-order valence-corrected chi connectivity index (χ0v) is 10.7. The molecule has 0 heterocycles. The summed E-state index contributed by atoms with van der Waals surface area (Å²) in [5.74, 6) is 0.872. The average Bonchev–Trinajstić information content (AvgIpc) is 3.11. The van der Waals surface area contributed by atoms with Gasteiger partial charge in [-0.2, -0.15) is 0 Å². The maximum Gasteiger partial charge on any atom is 0.0350 e. The van der Waals surface area contributed by atoms with Crippen molar-refractivity contribution in [3.63, 3.8) is 0 Å². The maximum atomic E-state index is 3.76. The lowest BCUT2D eigenvalue weighted by Crippen LogP contribution is -2.31. The number of aryl methyl sites for hydroxylation is 1. The average molecular weight is 217 g/mol. The van der Waals surface area contributed by atoms with Gasteiger partial charge in [0.05, 0.1) is 0 Å². The van der Waals surface area contributed by atoms with E-state index in [-0.39, 0.29) is 0 Å². The summed E-state index contributed by atoms with van der Waals surface area (Å²) in [5.41, 5.74) is 2.82. The third-order valence-corrected chi connectivity index (χ3v) is 3.61. The number of nitrogens with one attached hydrogen (secondary N) is 1. The predicted octanol–water partition coefficient (Wildman–Crippen LogP) is 3.83. The molecule has 0 aromatic heterocycles. The first-order valence-electron chi connectivity index (χ1n) is 6.53. The fourth-order valence-corrected chi connectivity index (χ4v) is 2.13. The summed E-state index contributed by atoms with van der Waals surface area (Å²) in [6, 6.07) is 10.2. The van der Waals surface area contributed by atoms with Crippen molar-refractivity contribution in [1.29, 1.82) is 0 Å². The summed E-state index contributed by atoms with van der Waals surface area (Å²) >= 11 is 0. The fourth-order valence-electron chi connectivity index (χ4n) is 2.13. The van der Waals surface area contributed by atoms with E-state index in [1.54, 1.807) is 0 Å². The molecule has 1 aliphatic carbocycles. The molecule has 1 nitrogen and oxygen atoms in total. The van der Waals surface area contributed by atoms with Crippen molar-refractivity contribution >= 4 is 0 Å². The summed E-state index contributed by atoms with van der Waals surface area (Å²) in [6.07, 6.45) is 3.99. The van der Waals surface area contributed by atoms with Crippen LogP contribution in [0.15, 0.2) is 24.3 Å². The highest BCUT2D eigenvalue weighted by atomic mass is 15.0. The Morgan fingerprint density at radius 3 is 2.38 bits per heavy atom. The lowest BCUT2D eigenvalue weighted by atomic mass is 10.00. The minimum atomic E-state index is 0.579. The van der Waals surface area contributed by atoms with Crippen LogP contribution in [0.1, 0.15) is 50.3 Å². The molecule has 0 saturated heterocycles. The molecule has 0 spiro atoms. The van der Waals surface area contributed by atoms with Gasteiger partial charge in [0.1, 0.15) is 0 Å². The predicted molar refractivity (Wildman–Crippen MR) is 69.5 cm³/mol. The lowest BCUT2D eigenvalue weighted by Gasteiger charge is -2.23. The van der Waals surface area contributed by atoms with Gasteiger partial charge in [-0.25, -0.2) is 0 Å². The molecule has 1 aromatic rings. The second kappa shape index (κ2) is 5.01. The Morgan fingerprint density at radius 1 is 1.25 bits per heavy atom. The van der Waals surface area contributed by atoms with E-state index in [0.717, 1.165) is 5.92 Å². The number of hydrogen-bond donors (Lipinski definition) is 1. The standard InChI is InChI=1S/C15H23N/c1-4-12(3)16-15(14-9-10-14)13-7-5-11(2)6-8-13/h5-8,12,14-16H,4,9-10H2,1-3H3. The van der Waals surface area contributed by atoms with Gasteiger partial charge in [0.15, 0.2) is 0 Å². The normalized spacial score (nSPS) is 19.4. The van der Waals surface area contributed by atoms with E-state index in [1.807, 2.05) is 0 Å². The molecule has 1 saturated carbocycles. The summed E-state index contributed by atoms with van der Waals surface area (Å²) in [4.78, 5) is 0. The van der Waals surface area contributed by atoms with Crippen molar-refractivity contribution in [1.82, 2.24) is 5.32 Å². The van der Waals surface area contributed by atoms with Crippen molar-refractivity contribution in [2.24, 2.45) is 5.92 Å². The fraction of sp³-hybridized carbons (Fsp3) is 0.600. The van der Waals surface area contributed by atoms with Gasteiger partial charge >= 0.3 is 0 Å². The molecule has 1 N–H and O–H groups in total. The second-order valence-corrected chi connectivity index (χ2v) is 5.20. The molecule has 0 amide bonds. The zero-order chi connectivity index (χ0) is 11.5. The van der Waals surface area contributed by atoms with Gasteiger partial charge in [-0.1, -0.05) is 36.8 Å². The minimum absolute atomic E-state index is 0.579. The Hall–Kier alpha value is -0.820. The maximum absolute atomic E-state index is 3.76. The third kappa shape index (κ3) is 2.85. The molecule has 88 valence electrons. The Labute approximate surface area is 99.3 Å².